The van der Waals surface area contributed by atoms with Crippen molar-refractivity contribution in [3.05, 3.63) is 89.1 Å². The predicted octanol–water partition coefficient (Wildman–Crippen LogP) is 6.57. The molecule has 0 saturated carbocycles. The summed E-state index contributed by atoms with van der Waals surface area (Å²) in [5, 5.41) is 10.5. The Kier molecular flexibility index (Phi) is 7.74. The molecule has 196 valence electrons. The number of benzene rings is 3. The van der Waals surface area contributed by atoms with E-state index in [1.165, 1.54) is 6.42 Å². The van der Waals surface area contributed by atoms with Crippen LogP contribution in [0.2, 0.25) is 0 Å². The molecule has 0 bridgehead atoms. The Hall–Kier alpha value is -4.11. The minimum atomic E-state index is 0.0270. The van der Waals surface area contributed by atoms with Crippen molar-refractivity contribution in [2.45, 2.75) is 44.2 Å². The molecule has 1 fully saturated rings. The van der Waals surface area contributed by atoms with Crippen molar-refractivity contribution < 1.29 is 18.9 Å². The summed E-state index contributed by atoms with van der Waals surface area (Å²) in [5.74, 6) is 2.73. The number of hydrogen-bond acceptors (Lipinski definition) is 6. The molecule has 0 unspecified atom stereocenters. The largest absolute Gasteiger partial charge is 0.493 e. The highest BCUT2D eigenvalue weighted by Crippen LogP contribution is 2.48. The zero-order valence-corrected chi connectivity index (χ0v) is 22.3. The Labute approximate surface area is 225 Å². The quantitative estimate of drug-likeness (QED) is 0.342. The van der Waals surface area contributed by atoms with Crippen LogP contribution in [-0.4, -0.2) is 38.8 Å². The summed E-state index contributed by atoms with van der Waals surface area (Å²) >= 11 is 0. The third-order valence-corrected chi connectivity index (χ3v) is 7.65. The van der Waals surface area contributed by atoms with Crippen LogP contribution in [0.5, 0.6) is 23.0 Å². The summed E-state index contributed by atoms with van der Waals surface area (Å²) in [5.41, 5.74) is 4.92. The number of methoxy groups -OCH3 is 3. The van der Waals surface area contributed by atoms with Crippen LogP contribution in [0.3, 0.4) is 0 Å². The second kappa shape index (κ2) is 11.5. The highest BCUT2D eigenvalue weighted by Gasteiger charge is 2.38. The first-order valence-corrected chi connectivity index (χ1v) is 13.1. The zero-order valence-electron chi connectivity index (χ0n) is 22.3. The summed E-state index contributed by atoms with van der Waals surface area (Å²) in [4.78, 5) is 2.32. The van der Waals surface area contributed by atoms with Crippen LogP contribution < -0.4 is 18.9 Å². The fourth-order valence-corrected chi connectivity index (χ4v) is 5.78. The molecule has 0 radical (unpaired) electrons. The van der Waals surface area contributed by atoms with Crippen LogP contribution >= 0.6 is 0 Å². The van der Waals surface area contributed by atoms with Crippen molar-refractivity contribution in [3.8, 4) is 29.1 Å². The van der Waals surface area contributed by atoms with Gasteiger partial charge < -0.3 is 23.8 Å². The lowest BCUT2D eigenvalue weighted by atomic mass is 9.76. The van der Waals surface area contributed by atoms with Crippen molar-refractivity contribution in [1.29, 1.82) is 5.26 Å². The van der Waals surface area contributed by atoms with E-state index in [2.05, 4.69) is 17.0 Å². The lowest BCUT2D eigenvalue weighted by molar-refractivity contribution is 0.177. The first-order chi connectivity index (χ1) is 18.7. The van der Waals surface area contributed by atoms with Crippen LogP contribution in [0.15, 0.2) is 72.4 Å². The maximum atomic E-state index is 10.5. The topological polar surface area (TPSA) is 64.0 Å². The third-order valence-electron chi connectivity index (χ3n) is 7.65. The van der Waals surface area contributed by atoms with Crippen LogP contribution in [0.25, 0.3) is 5.57 Å². The van der Waals surface area contributed by atoms with Gasteiger partial charge in [-0.1, -0.05) is 42.5 Å². The Bertz CT molecular complexity index is 1350. The van der Waals surface area contributed by atoms with Gasteiger partial charge in [0.15, 0.2) is 23.0 Å². The average molecular weight is 511 g/mol. The number of ether oxygens (including phenoxy) is 4. The fourth-order valence-electron chi connectivity index (χ4n) is 5.78. The van der Waals surface area contributed by atoms with Gasteiger partial charge in [0.25, 0.3) is 0 Å². The molecule has 3 aromatic rings. The van der Waals surface area contributed by atoms with Gasteiger partial charge in [0.1, 0.15) is 18.4 Å². The lowest BCUT2D eigenvalue weighted by Gasteiger charge is -2.44. The first-order valence-electron chi connectivity index (χ1n) is 13.1. The van der Waals surface area contributed by atoms with E-state index in [9.17, 15) is 5.26 Å². The van der Waals surface area contributed by atoms with Crippen LogP contribution in [-0.2, 0) is 6.61 Å². The molecule has 0 amide bonds. The van der Waals surface area contributed by atoms with Gasteiger partial charge in [-0.15, -0.1) is 0 Å². The van der Waals surface area contributed by atoms with Crippen molar-refractivity contribution in [2.75, 3.05) is 27.9 Å². The molecule has 2 aliphatic rings. The van der Waals surface area contributed by atoms with E-state index in [0.717, 1.165) is 53.8 Å². The Morgan fingerprint density at radius 1 is 0.842 bits per heavy atom. The maximum absolute atomic E-state index is 10.5. The Morgan fingerprint density at radius 3 is 2.32 bits per heavy atom. The second-order valence-electron chi connectivity index (χ2n) is 9.76. The highest BCUT2D eigenvalue weighted by molar-refractivity contribution is 5.79. The second-order valence-corrected chi connectivity index (χ2v) is 9.76. The van der Waals surface area contributed by atoms with E-state index < -0.39 is 0 Å². The van der Waals surface area contributed by atoms with Crippen LogP contribution in [0, 0.1) is 11.3 Å². The third kappa shape index (κ3) is 5.02. The molecule has 1 saturated heterocycles. The molecule has 6 nitrogen and oxygen atoms in total. The normalized spacial score (nSPS) is 18.8. The minimum absolute atomic E-state index is 0.0270. The highest BCUT2D eigenvalue weighted by atomic mass is 16.5. The number of piperidine rings is 1. The molecule has 0 aliphatic carbocycles. The van der Waals surface area contributed by atoms with Gasteiger partial charge in [-0.25, -0.2) is 0 Å². The summed E-state index contributed by atoms with van der Waals surface area (Å²) in [6.45, 7) is 1.33. The molecule has 6 heteroatoms. The van der Waals surface area contributed by atoms with Gasteiger partial charge in [0.05, 0.1) is 21.3 Å². The number of rotatable bonds is 8. The average Bonchev–Trinajstić information content (AvgIpc) is 2.99. The summed E-state index contributed by atoms with van der Waals surface area (Å²) in [7, 11) is 4.95. The van der Waals surface area contributed by atoms with E-state index in [0.29, 0.717) is 35.6 Å². The molecule has 5 rings (SSSR count). The molecule has 0 N–H and O–H groups in total. The number of hydrogen-bond donors (Lipinski definition) is 0. The number of nitrogens with zero attached hydrogens (tertiary/aromatic N) is 2. The van der Waals surface area contributed by atoms with E-state index >= 15 is 0 Å². The smallest absolute Gasteiger partial charge is 0.162 e. The van der Waals surface area contributed by atoms with Crippen molar-refractivity contribution in [1.82, 2.24) is 4.90 Å². The van der Waals surface area contributed by atoms with Gasteiger partial charge in [-0.3, -0.25) is 0 Å². The Morgan fingerprint density at radius 2 is 1.58 bits per heavy atom. The van der Waals surface area contributed by atoms with Crippen molar-refractivity contribution in [2.24, 2.45) is 0 Å². The summed E-state index contributed by atoms with van der Waals surface area (Å²) in [6, 6.07) is 25.1. The van der Waals surface area contributed by atoms with Gasteiger partial charge in [-0.2, -0.15) is 5.26 Å². The molecular formula is C32H34N2O4. The van der Waals surface area contributed by atoms with E-state index in [-0.39, 0.29) is 5.92 Å². The van der Waals surface area contributed by atoms with E-state index in [4.69, 9.17) is 18.9 Å². The first kappa shape index (κ1) is 25.5. The fraction of sp³-hybridized carbons (Fsp3) is 0.344. The van der Waals surface area contributed by atoms with Gasteiger partial charge in [0.2, 0.25) is 0 Å². The standard InChI is InChI=1S/C32H34N2O4/c1-35-28-14-12-23(17-30(28)37-3)26-19-25-11-7-8-16-34(25)27(20-33)32(26)24-13-15-29(36-2)31(18-24)38-21-22-9-5-4-6-10-22/h4-6,9-10,12-15,17-18,25-26H,7-8,11,16,19,21H2,1-3H3/t25-,26-/m0/s1. The monoisotopic (exact) mass is 510 g/mol. The van der Waals surface area contributed by atoms with E-state index in [1.54, 1.807) is 21.3 Å². The lowest BCUT2D eigenvalue weighted by Crippen LogP contribution is -2.43. The molecule has 0 spiro atoms. The predicted molar refractivity (Wildman–Crippen MR) is 148 cm³/mol. The van der Waals surface area contributed by atoms with Crippen molar-refractivity contribution >= 4 is 5.57 Å². The molecule has 3 aromatic carbocycles. The molecule has 38 heavy (non-hydrogen) atoms. The molecule has 2 aliphatic heterocycles. The molecular weight excluding hydrogens is 476 g/mol. The van der Waals surface area contributed by atoms with Crippen LogP contribution in [0.1, 0.15) is 48.3 Å². The number of allylic oxidation sites excluding steroid dienone is 2. The molecule has 0 aromatic heterocycles. The van der Waals surface area contributed by atoms with E-state index in [1.807, 2.05) is 60.7 Å². The zero-order chi connectivity index (χ0) is 26.5. The van der Waals surface area contributed by atoms with Gasteiger partial charge in [0, 0.05) is 24.1 Å². The van der Waals surface area contributed by atoms with Crippen LogP contribution in [0.4, 0.5) is 0 Å². The maximum Gasteiger partial charge on any atom is 0.162 e. The SMILES string of the molecule is COc1ccc([C@@H]2C[C@@H]3CCCCN3C(C#N)=C2c2ccc(OC)c(OCc3ccccc3)c2)cc1OC. The van der Waals surface area contributed by atoms with Gasteiger partial charge in [-0.05, 0) is 66.6 Å². The minimum Gasteiger partial charge on any atom is -0.493 e. The Balaban J connectivity index is 1.60. The number of fused-ring (bicyclic) bond motifs is 1. The summed E-state index contributed by atoms with van der Waals surface area (Å²) < 4.78 is 23.0. The molecule has 2 atom stereocenters. The molecule has 2 heterocycles. The number of nitriles is 1. The van der Waals surface area contributed by atoms with Crippen molar-refractivity contribution in [3.63, 3.8) is 0 Å². The summed E-state index contributed by atoms with van der Waals surface area (Å²) in [6.07, 6.45) is 4.32. The van der Waals surface area contributed by atoms with Gasteiger partial charge >= 0.3 is 0 Å².